The maximum absolute atomic E-state index is 12.0. The second-order valence-corrected chi connectivity index (χ2v) is 7.41. The topological polar surface area (TPSA) is 82.7 Å². The van der Waals surface area contributed by atoms with E-state index in [-0.39, 0.29) is 6.03 Å². The van der Waals surface area contributed by atoms with Crippen molar-refractivity contribution in [3.05, 3.63) is 24.3 Å². The fraction of sp³-hybridized carbons (Fsp3) is 0.579. The van der Waals surface area contributed by atoms with Crippen molar-refractivity contribution in [1.29, 1.82) is 0 Å². The molecule has 1 saturated heterocycles. The van der Waals surface area contributed by atoms with Crippen LogP contribution in [0.1, 0.15) is 40.0 Å². The Hall–Kier alpha value is -2.44. The van der Waals surface area contributed by atoms with E-state index in [1.807, 2.05) is 18.2 Å². The maximum atomic E-state index is 12.0. The first kappa shape index (κ1) is 19.9. The molecule has 7 nitrogen and oxygen atoms in total. The van der Waals surface area contributed by atoms with Gasteiger partial charge < -0.3 is 25.6 Å². The number of anilines is 2. The highest BCUT2D eigenvalue weighted by Crippen LogP contribution is 2.22. The van der Waals surface area contributed by atoms with Crippen LogP contribution in [0.4, 0.5) is 21.0 Å². The summed E-state index contributed by atoms with van der Waals surface area (Å²) >= 11 is 0. The van der Waals surface area contributed by atoms with Gasteiger partial charge >= 0.3 is 12.1 Å². The number of amides is 3. The molecule has 3 amide bonds. The van der Waals surface area contributed by atoms with E-state index in [0.29, 0.717) is 13.1 Å². The van der Waals surface area contributed by atoms with Crippen LogP contribution in [0.15, 0.2) is 24.3 Å². The molecule has 1 heterocycles. The molecule has 0 saturated carbocycles. The quantitative estimate of drug-likeness (QED) is 0.702. The molecule has 1 aliphatic heterocycles. The lowest BCUT2D eigenvalue weighted by atomic mass is 10.1. The smallest absolute Gasteiger partial charge is 0.407 e. The summed E-state index contributed by atoms with van der Waals surface area (Å²) in [6, 6.07) is 7.57. The van der Waals surface area contributed by atoms with Gasteiger partial charge in [0.1, 0.15) is 5.60 Å². The number of hydrogen-bond acceptors (Lipinski definition) is 4. The van der Waals surface area contributed by atoms with Crippen molar-refractivity contribution in [2.75, 3.05) is 36.4 Å². The first-order valence-corrected chi connectivity index (χ1v) is 9.20. The van der Waals surface area contributed by atoms with Crippen LogP contribution in [-0.2, 0) is 4.74 Å². The Balaban J connectivity index is 1.71. The van der Waals surface area contributed by atoms with Gasteiger partial charge in [-0.3, -0.25) is 0 Å². The molecular formula is C19H30N4O3. The second kappa shape index (κ2) is 9.31. The van der Waals surface area contributed by atoms with Gasteiger partial charge in [0.25, 0.3) is 0 Å². The highest BCUT2D eigenvalue weighted by molar-refractivity contribution is 5.89. The molecule has 0 bridgehead atoms. The number of nitrogens with zero attached hydrogens (tertiary/aromatic N) is 1. The molecule has 2 rings (SSSR count). The van der Waals surface area contributed by atoms with Crippen LogP contribution in [0.2, 0.25) is 0 Å². The van der Waals surface area contributed by atoms with Crippen LogP contribution in [0.3, 0.4) is 0 Å². The molecule has 0 spiro atoms. The van der Waals surface area contributed by atoms with Gasteiger partial charge in [0.2, 0.25) is 0 Å². The number of carbonyl (C=O) groups excluding carboxylic acids is 2. The van der Waals surface area contributed by atoms with Crippen molar-refractivity contribution in [2.45, 2.75) is 45.6 Å². The zero-order valence-corrected chi connectivity index (χ0v) is 15.9. The maximum Gasteiger partial charge on any atom is 0.407 e. The molecule has 1 aromatic rings. The van der Waals surface area contributed by atoms with Gasteiger partial charge in [-0.15, -0.1) is 0 Å². The van der Waals surface area contributed by atoms with Gasteiger partial charge in [-0.25, -0.2) is 9.59 Å². The third-order valence-electron chi connectivity index (χ3n) is 3.90. The minimum atomic E-state index is -0.533. The van der Waals surface area contributed by atoms with E-state index in [4.69, 9.17) is 4.74 Å². The van der Waals surface area contributed by atoms with Gasteiger partial charge in [-0.1, -0.05) is 6.07 Å². The first-order chi connectivity index (χ1) is 12.3. The summed E-state index contributed by atoms with van der Waals surface area (Å²) in [7, 11) is 0. The fourth-order valence-corrected chi connectivity index (χ4v) is 2.76. The van der Waals surface area contributed by atoms with Gasteiger partial charge in [0.05, 0.1) is 0 Å². The van der Waals surface area contributed by atoms with Crippen molar-refractivity contribution in [3.8, 4) is 0 Å². The van der Waals surface area contributed by atoms with Crippen LogP contribution < -0.4 is 20.9 Å². The molecule has 1 aromatic carbocycles. The zero-order valence-electron chi connectivity index (χ0n) is 15.9. The molecule has 26 heavy (non-hydrogen) atoms. The monoisotopic (exact) mass is 362 g/mol. The van der Waals surface area contributed by atoms with Crippen molar-refractivity contribution in [2.24, 2.45) is 0 Å². The molecular weight excluding hydrogens is 332 g/mol. The molecule has 0 aromatic heterocycles. The molecule has 1 fully saturated rings. The van der Waals surface area contributed by atoms with Gasteiger partial charge in [0, 0.05) is 37.6 Å². The molecule has 1 aliphatic rings. The Kier molecular flexibility index (Phi) is 7.12. The Bertz CT molecular complexity index is 607. The third-order valence-corrected chi connectivity index (χ3v) is 3.90. The normalized spacial score (nSPS) is 14.5. The van der Waals surface area contributed by atoms with Crippen LogP contribution >= 0.6 is 0 Å². The second-order valence-electron chi connectivity index (χ2n) is 7.41. The van der Waals surface area contributed by atoms with Crippen LogP contribution in [0, 0.1) is 0 Å². The number of piperidine rings is 1. The van der Waals surface area contributed by atoms with Crippen molar-refractivity contribution < 1.29 is 14.3 Å². The highest BCUT2D eigenvalue weighted by atomic mass is 16.6. The van der Waals surface area contributed by atoms with Crippen molar-refractivity contribution in [3.63, 3.8) is 0 Å². The van der Waals surface area contributed by atoms with Crippen LogP contribution in [0.25, 0.3) is 0 Å². The summed E-state index contributed by atoms with van der Waals surface area (Å²) < 4.78 is 5.13. The van der Waals surface area contributed by atoms with Crippen molar-refractivity contribution >= 4 is 23.5 Å². The Morgan fingerprint density at radius 3 is 2.46 bits per heavy atom. The summed E-state index contributed by atoms with van der Waals surface area (Å²) in [6.45, 7) is 8.15. The Labute approximate surface area is 155 Å². The number of hydrogen-bond donors (Lipinski definition) is 3. The van der Waals surface area contributed by atoms with Crippen LogP contribution in [0.5, 0.6) is 0 Å². The lowest BCUT2D eigenvalue weighted by molar-refractivity contribution is 0.0528. The van der Waals surface area contributed by atoms with Gasteiger partial charge in [-0.2, -0.15) is 0 Å². The van der Waals surface area contributed by atoms with E-state index < -0.39 is 11.7 Å². The minimum Gasteiger partial charge on any atom is -0.444 e. The number of ether oxygens (including phenoxy) is 1. The number of urea groups is 1. The average Bonchev–Trinajstić information content (AvgIpc) is 2.58. The van der Waals surface area contributed by atoms with Crippen molar-refractivity contribution in [1.82, 2.24) is 10.6 Å². The average molecular weight is 362 g/mol. The number of rotatable bonds is 5. The zero-order chi connectivity index (χ0) is 19.0. The summed E-state index contributed by atoms with van der Waals surface area (Å²) in [5, 5.41) is 8.14. The van der Waals surface area contributed by atoms with E-state index in [1.54, 1.807) is 20.8 Å². The van der Waals surface area contributed by atoms with Gasteiger partial charge in [0.15, 0.2) is 0 Å². The van der Waals surface area contributed by atoms with Crippen LogP contribution in [-0.4, -0.2) is 43.9 Å². The molecule has 0 radical (unpaired) electrons. The Morgan fingerprint density at radius 1 is 1.08 bits per heavy atom. The predicted octanol–water partition coefficient (Wildman–Crippen LogP) is 3.32. The molecule has 3 N–H and O–H groups in total. The SMILES string of the molecule is CC(C)(C)OC(=O)NCCNC(=O)Nc1cccc(N2CCCCC2)c1. The first-order valence-electron chi connectivity index (χ1n) is 9.20. The minimum absolute atomic E-state index is 0.299. The van der Waals surface area contributed by atoms with Gasteiger partial charge in [-0.05, 0) is 58.2 Å². The lowest BCUT2D eigenvalue weighted by Crippen LogP contribution is -2.39. The van der Waals surface area contributed by atoms with E-state index >= 15 is 0 Å². The standard InChI is InChI=1S/C19H30N4O3/c1-19(2,3)26-18(25)21-11-10-20-17(24)22-15-8-7-9-16(14-15)23-12-5-4-6-13-23/h7-9,14H,4-6,10-13H2,1-3H3,(H,21,25)(H2,20,22,24). The Morgan fingerprint density at radius 2 is 1.77 bits per heavy atom. The number of benzene rings is 1. The van der Waals surface area contributed by atoms with E-state index in [2.05, 4.69) is 26.9 Å². The molecule has 0 aliphatic carbocycles. The number of alkyl carbamates (subject to hydrolysis) is 1. The highest BCUT2D eigenvalue weighted by Gasteiger charge is 2.15. The molecule has 0 unspecified atom stereocenters. The van der Waals surface area contributed by atoms with E-state index in [1.165, 1.54) is 19.3 Å². The largest absolute Gasteiger partial charge is 0.444 e. The number of carbonyl (C=O) groups is 2. The summed E-state index contributed by atoms with van der Waals surface area (Å²) in [5.74, 6) is 0. The summed E-state index contributed by atoms with van der Waals surface area (Å²) in [6.07, 6.45) is 3.22. The molecule has 7 heteroatoms. The predicted molar refractivity (Wildman–Crippen MR) is 104 cm³/mol. The summed E-state index contributed by atoms with van der Waals surface area (Å²) in [5.41, 5.74) is 1.36. The van der Waals surface area contributed by atoms with E-state index in [0.717, 1.165) is 24.5 Å². The fourth-order valence-electron chi connectivity index (χ4n) is 2.76. The summed E-state index contributed by atoms with van der Waals surface area (Å²) in [4.78, 5) is 25.9. The number of nitrogens with one attached hydrogen (secondary N) is 3. The van der Waals surface area contributed by atoms with E-state index in [9.17, 15) is 9.59 Å². The lowest BCUT2D eigenvalue weighted by Gasteiger charge is -2.29. The molecule has 0 atom stereocenters. The third kappa shape index (κ3) is 7.21. The molecule has 144 valence electrons.